The zero-order valence-corrected chi connectivity index (χ0v) is 15.8. The van der Waals surface area contributed by atoms with Crippen molar-refractivity contribution in [3.63, 3.8) is 0 Å². The molecule has 0 fully saturated rings. The van der Waals surface area contributed by atoms with Crippen molar-refractivity contribution in [3.05, 3.63) is 42.0 Å². The Morgan fingerprint density at radius 1 is 0.885 bits per heavy atom. The molecule has 0 saturated carbocycles. The fourth-order valence-electron chi connectivity index (χ4n) is 2.48. The molecule has 0 spiro atoms. The van der Waals surface area contributed by atoms with E-state index in [0.29, 0.717) is 28.7 Å². The zero-order chi connectivity index (χ0) is 19.1. The molecule has 0 aliphatic carbocycles. The number of amides is 1. The SMILES string of the molecule is COc1ccc(CC(=O)Nc2ccc(OC(C)C)c(OC)c2)cc1OC. The van der Waals surface area contributed by atoms with Crippen LogP contribution in [0.5, 0.6) is 23.0 Å². The number of methoxy groups -OCH3 is 3. The van der Waals surface area contributed by atoms with Crippen LogP contribution in [0.4, 0.5) is 5.69 Å². The minimum Gasteiger partial charge on any atom is -0.493 e. The van der Waals surface area contributed by atoms with E-state index in [-0.39, 0.29) is 18.4 Å². The lowest BCUT2D eigenvalue weighted by molar-refractivity contribution is -0.115. The lowest BCUT2D eigenvalue weighted by atomic mass is 10.1. The summed E-state index contributed by atoms with van der Waals surface area (Å²) in [7, 11) is 4.71. The standard InChI is InChI=1S/C20H25NO5/c1-13(2)26-17-9-7-15(12-19(17)25-5)21-20(22)11-14-6-8-16(23-3)18(10-14)24-4/h6-10,12-13H,11H2,1-5H3,(H,21,22). The van der Waals surface area contributed by atoms with Crippen molar-refractivity contribution in [2.45, 2.75) is 26.4 Å². The summed E-state index contributed by atoms with van der Waals surface area (Å²) in [4.78, 5) is 12.3. The van der Waals surface area contributed by atoms with Crippen LogP contribution < -0.4 is 24.3 Å². The number of carbonyl (C=O) groups excluding carboxylic acids is 1. The van der Waals surface area contributed by atoms with Crippen molar-refractivity contribution in [1.82, 2.24) is 0 Å². The Balaban J connectivity index is 2.08. The predicted molar refractivity (Wildman–Crippen MR) is 101 cm³/mol. The number of ether oxygens (including phenoxy) is 4. The number of nitrogens with one attached hydrogen (secondary N) is 1. The molecule has 0 radical (unpaired) electrons. The number of anilines is 1. The summed E-state index contributed by atoms with van der Waals surface area (Å²) < 4.78 is 21.5. The fraction of sp³-hybridized carbons (Fsp3) is 0.350. The van der Waals surface area contributed by atoms with E-state index in [1.54, 1.807) is 51.7 Å². The van der Waals surface area contributed by atoms with Crippen molar-refractivity contribution < 1.29 is 23.7 Å². The molecule has 2 rings (SSSR count). The average Bonchev–Trinajstić information content (AvgIpc) is 2.62. The quantitative estimate of drug-likeness (QED) is 0.779. The van der Waals surface area contributed by atoms with Gasteiger partial charge < -0.3 is 24.3 Å². The summed E-state index contributed by atoms with van der Waals surface area (Å²) in [5.41, 5.74) is 1.47. The highest BCUT2D eigenvalue weighted by Gasteiger charge is 2.11. The van der Waals surface area contributed by atoms with Gasteiger partial charge in [0.25, 0.3) is 0 Å². The second-order valence-electron chi connectivity index (χ2n) is 5.95. The molecule has 6 heteroatoms. The fourth-order valence-corrected chi connectivity index (χ4v) is 2.48. The van der Waals surface area contributed by atoms with Crippen LogP contribution in [0.25, 0.3) is 0 Å². The third-order valence-corrected chi connectivity index (χ3v) is 3.62. The molecule has 1 N–H and O–H groups in total. The predicted octanol–water partition coefficient (Wildman–Crippen LogP) is 3.68. The van der Waals surface area contributed by atoms with Gasteiger partial charge in [-0.05, 0) is 43.7 Å². The van der Waals surface area contributed by atoms with Crippen LogP contribution in [-0.4, -0.2) is 33.3 Å². The monoisotopic (exact) mass is 359 g/mol. The van der Waals surface area contributed by atoms with Gasteiger partial charge in [-0.15, -0.1) is 0 Å². The summed E-state index contributed by atoms with van der Waals surface area (Å²) >= 11 is 0. The average molecular weight is 359 g/mol. The van der Waals surface area contributed by atoms with Crippen LogP contribution in [0.15, 0.2) is 36.4 Å². The van der Waals surface area contributed by atoms with E-state index >= 15 is 0 Å². The maximum atomic E-state index is 12.3. The molecule has 1 amide bonds. The molecule has 26 heavy (non-hydrogen) atoms. The molecule has 0 aliphatic heterocycles. The van der Waals surface area contributed by atoms with E-state index in [9.17, 15) is 4.79 Å². The van der Waals surface area contributed by atoms with Crippen LogP contribution in [0.2, 0.25) is 0 Å². The molecular formula is C20H25NO5. The van der Waals surface area contributed by atoms with Crippen molar-refractivity contribution in [1.29, 1.82) is 0 Å². The molecule has 0 atom stereocenters. The molecule has 0 aromatic heterocycles. The third-order valence-electron chi connectivity index (χ3n) is 3.62. The molecule has 2 aromatic rings. The number of benzene rings is 2. The number of hydrogen-bond donors (Lipinski definition) is 1. The van der Waals surface area contributed by atoms with Gasteiger partial charge in [0.2, 0.25) is 5.91 Å². The van der Waals surface area contributed by atoms with Crippen LogP contribution in [0, 0.1) is 0 Å². The number of rotatable bonds is 8. The van der Waals surface area contributed by atoms with Gasteiger partial charge in [0.1, 0.15) is 0 Å². The Bertz CT molecular complexity index is 758. The van der Waals surface area contributed by atoms with Crippen LogP contribution >= 0.6 is 0 Å². The first kappa shape index (κ1) is 19.4. The lowest BCUT2D eigenvalue weighted by Crippen LogP contribution is -2.14. The normalized spacial score (nSPS) is 10.4. The highest BCUT2D eigenvalue weighted by Crippen LogP contribution is 2.31. The van der Waals surface area contributed by atoms with Crippen LogP contribution in [-0.2, 0) is 11.2 Å². The third kappa shape index (κ3) is 5.05. The van der Waals surface area contributed by atoms with Gasteiger partial charge in [-0.3, -0.25) is 4.79 Å². The number of carbonyl (C=O) groups is 1. The smallest absolute Gasteiger partial charge is 0.228 e. The molecule has 6 nitrogen and oxygen atoms in total. The molecule has 0 aliphatic rings. The Morgan fingerprint density at radius 3 is 2.12 bits per heavy atom. The minimum atomic E-state index is -0.142. The van der Waals surface area contributed by atoms with E-state index in [1.807, 2.05) is 19.9 Å². The van der Waals surface area contributed by atoms with Crippen molar-refractivity contribution in [2.75, 3.05) is 26.6 Å². The van der Waals surface area contributed by atoms with Crippen molar-refractivity contribution in [3.8, 4) is 23.0 Å². The molecule has 2 aromatic carbocycles. The van der Waals surface area contributed by atoms with Crippen molar-refractivity contribution >= 4 is 11.6 Å². The molecular weight excluding hydrogens is 334 g/mol. The summed E-state index contributed by atoms with van der Waals surface area (Å²) in [5, 5.41) is 2.87. The zero-order valence-electron chi connectivity index (χ0n) is 15.8. The first-order valence-corrected chi connectivity index (χ1v) is 8.32. The summed E-state index contributed by atoms with van der Waals surface area (Å²) in [6.07, 6.45) is 0.252. The highest BCUT2D eigenvalue weighted by atomic mass is 16.5. The topological polar surface area (TPSA) is 66.0 Å². The molecule has 0 unspecified atom stereocenters. The summed E-state index contributed by atoms with van der Waals surface area (Å²) in [6.45, 7) is 3.89. The van der Waals surface area contributed by atoms with Crippen LogP contribution in [0.1, 0.15) is 19.4 Å². The first-order valence-electron chi connectivity index (χ1n) is 8.32. The van der Waals surface area contributed by atoms with Crippen LogP contribution in [0.3, 0.4) is 0 Å². The first-order chi connectivity index (χ1) is 12.5. The minimum absolute atomic E-state index is 0.0365. The van der Waals surface area contributed by atoms with Crippen molar-refractivity contribution in [2.24, 2.45) is 0 Å². The maximum Gasteiger partial charge on any atom is 0.228 e. The highest BCUT2D eigenvalue weighted by molar-refractivity contribution is 5.92. The van der Waals surface area contributed by atoms with E-state index in [2.05, 4.69) is 5.32 Å². The Hall–Kier alpha value is -2.89. The molecule has 0 bridgehead atoms. The van der Waals surface area contributed by atoms with Gasteiger partial charge in [0.15, 0.2) is 23.0 Å². The second kappa shape index (κ2) is 8.99. The number of hydrogen-bond acceptors (Lipinski definition) is 5. The summed E-state index contributed by atoms with van der Waals surface area (Å²) in [5.74, 6) is 2.29. The van der Waals surface area contributed by atoms with Gasteiger partial charge in [0.05, 0.1) is 33.9 Å². The van der Waals surface area contributed by atoms with Gasteiger partial charge in [-0.25, -0.2) is 0 Å². The second-order valence-corrected chi connectivity index (χ2v) is 5.95. The van der Waals surface area contributed by atoms with E-state index in [1.165, 1.54) is 0 Å². The Labute approximate surface area is 154 Å². The molecule has 140 valence electrons. The lowest BCUT2D eigenvalue weighted by Gasteiger charge is -2.15. The van der Waals surface area contributed by atoms with Gasteiger partial charge in [0, 0.05) is 11.8 Å². The maximum absolute atomic E-state index is 12.3. The van der Waals surface area contributed by atoms with E-state index in [4.69, 9.17) is 18.9 Å². The molecule has 0 heterocycles. The van der Waals surface area contributed by atoms with Gasteiger partial charge in [-0.2, -0.15) is 0 Å². The van der Waals surface area contributed by atoms with E-state index < -0.39 is 0 Å². The van der Waals surface area contributed by atoms with E-state index in [0.717, 1.165) is 5.56 Å². The summed E-state index contributed by atoms with van der Waals surface area (Å²) in [6, 6.07) is 10.7. The Morgan fingerprint density at radius 2 is 1.50 bits per heavy atom. The Kier molecular flexibility index (Phi) is 6.72. The van der Waals surface area contributed by atoms with Gasteiger partial charge >= 0.3 is 0 Å². The molecule has 0 saturated heterocycles. The van der Waals surface area contributed by atoms with Gasteiger partial charge in [-0.1, -0.05) is 6.07 Å². The largest absolute Gasteiger partial charge is 0.493 e.